The maximum Gasteiger partial charge on any atom is 0.315 e. The molecule has 0 saturated heterocycles. The average molecular weight is 278 g/mol. The summed E-state index contributed by atoms with van der Waals surface area (Å²) in [6.07, 6.45) is 1.87. The minimum atomic E-state index is -0.159. The van der Waals surface area contributed by atoms with E-state index in [1.165, 1.54) is 0 Å². The van der Waals surface area contributed by atoms with Crippen molar-refractivity contribution in [2.75, 3.05) is 13.2 Å². The maximum atomic E-state index is 11.7. The van der Waals surface area contributed by atoms with E-state index in [4.69, 9.17) is 9.47 Å². The third-order valence-corrected chi connectivity index (χ3v) is 3.16. The largest absolute Gasteiger partial charge is 0.486 e. The zero-order valence-corrected chi connectivity index (χ0v) is 12.0. The summed E-state index contributed by atoms with van der Waals surface area (Å²) >= 11 is 0. The molecule has 110 valence electrons. The number of hydrogen-bond donors (Lipinski definition) is 2. The van der Waals surface area contributed by atoms with Crippen molar-refractivity contribution >= 4 is 6.03 Å². The normalized spacial score (nSPS) is 18.2. The van der Waals surface area contributed by atoms with Crippen LogP contribution in [0, 0.1) is 0 Å². The molecule has 0 spiro atoms. The predicted molar refractivity (Wildman–Crippen MR) is 77.3 cm³/mol. The van der Waals surface area contributed by atoms with Crippen molar-refractivity contribution in [3.63, 3.8) is 0 Å². The molecule has 0 radical (unpaired) electrons. The predicted octanol–water partition coefficient (Wildman–Crippen LogP) is 2.31. The van der Waals surface area contributed by atoms with E-state index in [0.717, 1.165) is 24.3 Å². The Hall–Kier alpha value is -1.91. The van der Waals surface area contributed by atoms with Crippen LogP contribution in [0.4, 0.5) is 4.79 Å². The van der Waals surface area contributed by atoms with Gasteiger partial charge in [0.05, 0.1) is 6.54 Å². The first kappa shape index (κ1) is 14.5. The number of carbonyl (C=O) groups excluding carboxylic acids is 1. The lowest BCUT2D eigenvalue weighted by Gasteiger charge is -2.26. The second kappa shape index (κ2) is 7.03. The summed E-state index contributed by atoms with van der Waals surface area (Å²) in [5.74, 6) is 1.48. The molecule has 5 heteroatoms. The van der Waals surface area contributed by atoms with Crippen LogP contribution < -0.4 is 20.1 Å². The fourth-order valence-corrected chi connectivity index (χ4v) is 2.15. The van der Waals surface area contributed by atoms with Gasteiger partial charge in [-0.3, -0.25) is 0 Å². The first-order chi connectivity index (χ1) is 9.69. The molecule has 1 aliphatic rings. The molecule has 0 bridgehead atoms. The van der Waals surface area contributed by atoms with Gasteiger partial charge < -0.3 is 20.1 Å². The Labute approximate surface area is 119 Å². The van der Waals surface area contributed by atoms with Gasteiger partial charge in [-0.2, -0.15) is 0 Å². The summed E-state index contributed by atoms with van der Waals surface area (Å²) in [7, 11) is 0. The average Bonchev–Trinajstić information content (AvgIpc) is 2.45. The van der Waals surface area contributed by atoms with E-state index >= 15 is 0 Å². The summed E-state index contributed by atoms with van der Waals surface area (Å²) in [4.78, 5) is 11.7. The Morgan fingerprint density at radius 1 is 1.40 bits per heavy atom. The highest BCUT2D eigenvalue weighted by Crippen LogP contribution is 2.30. The van der Waals surface area contributed by atoms with Crippen molar-refractivity contribution in [3.8, 4) is 11.5 Å². The lowest BCUT2D eigenvalue weighted by molar-refractivity contribution is 0.0917. The summed E-state index contributed by atoms with van der Waals surface area (Å²) in [5.41, 5.74) is 0. The SMILES string of the molecule is CCC[C@H](C)NC(=O)NC[C@@H]1COc2ccccc2O1. The second-order valence-electron chi connectivity index (χ2n) is 5.04. The highest BCUT2D eigenvalue weighted by molar-refractivity contribution is 5.74. The van der Waals surface area contributed by atoms with Crippen molar-refractivity contribution in [1.82, 2.24) is 10.6 Å². The molecule has 2 amide bonds. The van der Waals surface area contributed by atoms with Gasteiger partial charge >= 0.3 is 6.03 Å². The van der Waals surface area contributed by atoms with Crippen LogP contribution >= 0.6 is 0 Å². The number of para-hydroxylation sites is 2. The van der Waals surface area contributed by atoms with Gasteiger partial charge in [-0.05, 0) is 25.5 Å². The molecule has 1 heterocycles. The van der Waals surface area contributed by atoms with E-state index in [2.05, 4.69) is 17.6 Å². The van der Waals surface area contributed by atoms with Crippen LogP contribution in [0.1, 0.15) is 26.7 Å². The monoisotopic (exact) mass is 278 g/mol. The first-order valence-corrected chi connectivity index (χ1v) is 7.12. The molecule has 2 atom stereocenters. The van der Waals surface area contributed by atoms with Crippen LogP contribution in [0.3, 0.4) is 0 Å². The molecule has 2 rings (SSSR count). The number of hydrogen-bond acceptors (Lipinski definition) is 3. The molecule has 5 nitrogen and oxygen atoms in total. The smallest absolute Gasteiger partial charge is 0.315 e. The molecular formula is C15H22N2O3. The lowest BCUT2D eigenvalue weighted by atomic mass is 10.2. The number of nitrogens with one attached hydrogen (secondary N) is 2. The summed E-state index contributed by atoms with van der Waals surface area (Å²) in [6, 6.07) is 7.57. The molecule has 0 fully saturated rings. The molecule has 0 aromatic heterocycles. The van der Waals surface area contributed by atoms with Crippen molar-refractivity contribution in [2.45, 2.75) is 38.8 Å². The molecule has 0 unspecified atom stereocenters. The van der Waals surface area contributed by atoms with Crippen LogP contribution in [-0.4, -0.2) is 31.3 Å². The zero-order chi connectivity index (χ0) is 14.4. The van der Waals surface area contributed by atoms with Crippen LogP contribution in [0.5, 0.6) is 11.5 Å². The number of urea groups is 1. The van der Waals surface area contributed by atoms with Gasteiger partial charge in [-0.25, -0.2) is 4.79 Å². The van der Waals surface area contributed by atoms with Crippen LogP contribution in [0.15, 0.2) is 24.3 Å². The van der Waals surface area contributed by atoms with Crippen molar-refractivity contribution in [1.29, 1.82) is 0 Å². The number of amides is 2. The molecular weight excluding hydrogens is 256 g/mol. The number of carbonyl (C=O) groups is 1. The Kier molecular flexibility index (Phi) is 5.09. The zero-order valence-electron chi connectivity index (χ0n) is 12.0. The van der Waals surface area contributed by atoms with Gasteiger partial charge in [-0.15, -0.1) is 0 Å². The molecule has 1 aromatic carbocycles. The van der Waals surface area contributed by atoms with Gasteiger partial charge in [0, 0.05) is 6.04 Å². The fourth-order valence-electron chi connectivity index (χ4n) is 2.15. The summed E-state index contributed by atoms with van der Waals surface area (Å²) < 4.78 is 11.4. The molecule has 1 aromatic rings. The maximum absolute atomic E-state index is 11.7. The number of ether oxygens (including phenoxy) is 2. The Balaban J connectivity index is 1.74. The van der Waals surface area contributed by atoms with Crippen molar-refractivity contribution < 1.29 is 14.3 Å². The minimum Gasteiger partial charge on any atom is -0.486 e. The lowest BCUT2D eigenvalue weighted by Crippen LogP contribution is -2.46. The number of benzene rings is 1. The highest BCUT2D eigenvalue weighted by Gasteiger charge is 2.21. The van der Waals surface area contributed by atoms with Gasteiger partial charge in [-0.1, -0.05) is 25.5 Å². The van der Waals surface area contributed by atoms with E-state index in [1.54, 1.807) is 0 Å². The van der Waals surface area contributed by atoms with Crippen LogP contribution in [0.2, 0.25) is 0 Å². The summed E-state index contributed by atoms with van der Waals surface area (Å²) in [6.45, 7) is 4.97. The topological polar surface area (TPSA) is 59.6 Å². The molecule has 1 aliphatic heterocycles. The number of rotatable bonds is 5. The quantitative estimate of drug-likeness (QED) is 0.869. The van der Waals surface area contributed by atoms with Gasteiger partial charge in [0.1, 0.15) is 6.61 Å². The fraction of sp³-hybridized carbons (Fsp3) is 0.533. The van der Waals surface area contributed by atoms with Gasteiger partial charge in [0.15, 0.2) is 17.6 Å². The molecule has 2 N–H and O–H groups in total. The number of fused-ring (bicyclic) bond motifs is 1. The van der Waals surface area contributed by atoms with E-state index in [-0.39, 0.29) is 18.2 Å². The standard InChI is InChI=1S/C15H22N2O3/c1-3-6-11(2)17-15(18)16-9-12-10-19-13-7-4-5-8-14(13)20-12/h4-5,7-8,11-12H,3,6,9-10H2,1-2H3,(H2,16,17,18)/t11-,12+/m0/s1. The van der Waals surface area contributed by atoms with E-state index in [9.17, 15) is 4.79 Å². The Morgan fingerprint density at radius 3 is 2.90 bits per heavy atom. The third-order valence-electron chi connectivity index (χ3n) is 3.16. The summed E-state index contributed by atoms with van der Waals surface area (Å²) in [5, 5.41) is 5.71. The van der Waals surface area contributed by atoms with Crippen LogP contribution in [-0.2, 0) is 0 Å². The van der Waals surface area contributed by atoms with Crippen molar-refractivity contribution in [2.24, 2.45) is 0 Å². The van der Waals surface area contributed by atoms with E-state index in [1.807, 2.05) is 31.2 Å². The van der Waals surface area contributed by atoms with Crippen LogP contribution in [0.25, 0.3) is 0 Å². The molecule has 0 aliphatic carbocycles. The van der Waals surface area contributed by atoms with Gasteiger partial charge in [0.25, 0.3) is 0 Å². The van der Waals surface area contributed by atoms with E-state index in [0.29, 0.717) is 13.2 Å². The Morgan fingerprint density at radius 2 is 2.15 bits per heavy atom. The van der Waals surface area contributed by atoms with Crippen molar-refractivity contribution in [3.05, 3.63) is 24.3 Å². The second-order valence-corrected chi connectivity index (χ2v) is 5.04. The molecule has 20 heavy (non-hydrogen) atoms. The first-order valence-electron chi connectivity index (χ1n) is 7.12. The molecule has 0 saturated carbocycles. The highest BCUT2D eigenvalue weighted by atomic mass is 16.6. The van der Waals surface area contributed by atoms with Gasteiger partial charge in [0.2, 0.25) is 0 Å². The Bertz CT molecular complexity index is 450. The third kappa shape index (κ3) is 4.05. The van der Waals surface area contributed by atoms with E-state index < -0.39 is 0 Å². The minimum absolute atomic E-state index is 0.155.